The smallest absolute Gasteiger partial charge is 0.119 e. The molecule has 128 valence electrons. The van der Waals surface area contributed by atoms with E-state index in [9.17, 15) is 0 Å². The molecule has 24 heavy (non-hydrogen) atoms. The van der Waals surface area contributed by atoms with Crippen molar-refractivity contribution in [3.63, 3.8) is 0 Å². The van der Waals surface area contributed by atoms with Crippen LogP contribution in [0.25, 0.3) is 0 Å². The molecule has 2 aromatic rings. The van der Waals surface area contributed by atoms with Gasteiger partial charge in [0.15, 0.2) is 0 Å². The van der Waals surface area contributed by atoms with Crippen LogP contribution in [-0.4, -0.2) is 47.5 Å². The highest BCUT2D eigenvalue weighted by molar-refractivity contribution is 5.27. The van der Waals surface area contributed by atoms with Gasteiger partial charge in [0.1, 0.15) is 12.4 Å². The Hall–Kier alpha value is -1.91. The third-order valence-corrected chi connectivity index (χ3v) is 4.72. The van der Waals surface area contributed by atoms with Crippen LogP contribution >= 0.6 is 0 Å². The van der Waals surface area contributed by atoms with Crippen molar-refractivity contribution in [2.24, 2.45) is 0 Å². The Morgan fingerprint density at radius 1 is 1.12 bits per heavy atom. The molecule has 1 saturated heterocycles. The van der Waals surface area contributed by atoms with Gasteiger partial charge in [-0.25, -0.2) is 0 Å². The molecule has 4 nitrogen and oxygen atoms in total. The van der Waals surface area contributed by atoms with E-state index in [-0.39, 0.29) is 0 Å². The lowest BCUT2D eigenvalue weighted by atomic mass is 10.1. The predicted octanol–water partition coefficient (Wildman–Crippen LogP) is 3.19. The van der Waals surface area contributed by atoms with Crippen molar-refractivity contribution in [3.05, 3.63) is 59.9 Å². The first kappa shape index (κ1) is 16.9. The number of aromatic nitrogens is 1. The maximum Gasteiger partial charge on any atom is 0.119 e. The molecular formula is C20H27N3O. The Bertz CT molecular complexity index is 615. The number of nitrogens with zero attached hydrogens (tertiary/aromatic N) is 3. The Morgan fingerprint density at radius 2 is 1.96 bits per heavy atom. The minimum Gasteiger partial charge on any atom is -0.489 e. The van der Waals surface area contributed by atoms with Crippen molar-refractivity contribution in [3.8, 4) is 5.75 Å². The lowest BCUT2D eigenvalue weighted by Crippen LogP contribution is -2.50. The minimum atomic E-state index is 0.559. The van der Waals surface area contributed by atoms with E-state index in [1.165, 1.54) is 18.5 Å². The summed E-state index contributed by atoms with van der Waals surface area (Å²) < 4.78 is 5.83. The zero-order valence-electron chi connectivity index (χ0n) is 14.7. The van der Waals surface area contributed by atoms with Gasteiger partial charge in [0.25, 0.3) is 0 Å². The fraction of sp³-hybridized carbons (Fsp3) is 0.450. The molecule has 1 aromatic carbocycles. The van der Waals surface area contributed by atoms with Crippen molar-refractivity contribution >= 4 is 0 Å². The van der Waals surface area contributed by atoms with Crippen molar-refractivity contribution in [2.45, 2.75) is 32.5 Å². The van der Waals surface area contributed by atoms with Crippen LogP contribution in [0.5, 0.6) is 5.75 Å². The normalized spacial score (nSPS) is 19.3. The molecule has 0 aliphatic carbocycles. The minimum absolute atomic E-state index is 0.559. The fourth-order valence-electron chi connectivity index (χ4n) is 3.22. The second-order valence-corrected chi connectivity index (χ2v) is 6.59. The second kappa shape index (κ2) is 8.27. The van der Waals surface area contributed by atoms with E-state index in [2.05, 4.69) is 53.0 Å². The van der Waals surface area contributed by atoms with Crippen LogP contribution in [0.2, 0.25) is 0 Å². The van der Waals surface area contributed by atoms with E-state index >= 15 is 0 Å². The number of ether oxygens (including phenoxy) is 1. The Balaban J connectivity index is 1.54. The zero-order chi connectivity index (χ0) is 16.8. The van der Waals surface area contributed by atoms with Crippen molar-refractivity contribution in [1.29, 1.82) is 0 Å². The highest BCUT2D eigenvalue weighted by Crippen LogP contribution is 2.18. The molecule has 0 amide bonds. The molecular weight excluding hydrogens is 298 g/mol. The lowest BCUT2D eigenvalue weighted by molar-refractivity contribution is 0.0812. The largest absolute Gasteiger partial charge is 0.489 e. The summed E-state index contributed by atoms with van der Waals surface area (Å²) in [6, 6.07) is 13.1. The number of hydrogen-bond acceptors (Lipinski definition) is 4. The monoisotopic (exact) mass is 325 g/mol. The van der Waals surface area contributed by atoms with E-state index in [0.29, 0.717) is 12.6 Å². The van der Waals surface area contributed by atoms with E-state index in [4.69, 9.17) is 4.74 Å². The summed E-state index contributed by atoms with van der Waals surface area (Å²) in [7, 11) is 2.22. The van der Waals surface area contributed by atoms with Gasteiger partial charge >= 0.3 is 0 Å². The number of benzene rings is 1. The van der Waals surface area contributed by atoms with Crippen LogP contribution in [0, 0.1) is 0 Å². The van der Waals surface area contributed by atoms with Crippen molar-refractivity contribution in [2.75, 3.05) is 26.7 Å². The topological polar surface area (TPSA) is 28.6 Å². The standard InChI is InChI=1S/C20H27N3O/c1-3-19-15-22(2)11-12-23(19)14-17-6-8-20(9-7-17)24-16-18-5-4-10-21-13-18/h4-10,13,19H,3,11-12,14-16H2,1-2H3/t19-/m1/s1. The molecule has 0 bridgehead atoms. The molecule has 2 heterocycles. The molecule has 1 aliphatic heterocycles. The van der Waals surface area contributed by atoms with Crippen LogP contribution in [0.3, 0.4) is 0 Å². The summed E-state index contributed by atoms with van der Waals surface area (Å²) in [4.78, 5) is 9.14. The van der Waals surface area contributed by atoms with Gasteiger partial charge in [-0.2, -0.15) is 0 Å². The third kappa shape index (κ3) is 4.56. The predicted molar refractivity (Wildman–Crippen MR) is 97.0 cm³/mol. The highest BCUT2D eigenvalue weighted by Gasteiger charge is 2.23. The van der Waals surface area contributed by atoms with Gasteiger partial charge in [0, 0.05) is 50.2 Å². The van der Waals surface area contributed by atoms with Crippen LogP contribution in [0.4, 0.5) is 0 Å². The maximum atomic E-state index is 5.83. The fourth-order valence-corrected chi connectivity index (χ4v) is 3.22. The zero-order valence-corrected chi connectivity index (χ0v) is 14.7. The molecule has 0 N–H and O–H groups in total. The van der Waals surface area contributed by atoms with Crippen LogP contribution in [-0.2, 0) is 13.2 Å². The highest BCUT2D eigenvalue weighted by atomic mass is 16.5. The molecule has 4 heteroatoms. The van der Waals surface area contributed by atoms with Crippen molar-refractivity contribution in [1.82, 2.24) is 14.8 Å². The Morgan fingerprint density at radius 3 is 2.67 bits per heavy atom. The number of pyridine rings is 1. The summed E-state index contributed by atoms with van der Waals surface area (Å²) in [6.07, 6.45) is 4.82. The van der Waals surface area contributed by atoms with Gasteiger partial charge in [-0.1, -0.05) is 25.1 Å². The summed E-state index contributed by atoms with van der Waals surface area (Å²) >= 11 is 0. The maximum absolute atomic E-state index is 5.83. The average Bonchev–Trinajstić information content (AvgIpc) is 2.63. The molecule has 1 atom stereocenters. The first-order valence-electron chi connectivity index (χ1n) is 8.78. The van der Waals surface area contributed by atoms with Gasteiger partial charge < -0.3 is 9.64 Å². The molecule has 1 fully saturated rings. The average molecular weight is 325 g/mol. The molecule has 3 rings (SSSR count). The van der Waals surface area contributed by atoms with Crippen LogP contribution in [0.15, 0.2) is 48.8 Å². The Kier molecular flexibility index (Phi) is 5.83. The van der Waals surface area contributed by atoms with E-state index in [1.807, 2.05) is 18.3 Å². The molecule has 0 spiro atoms. The van der Waals surface area contributed by atoms with Gasteiger partial charge in [-0.3, -0.25) is 9.88 Å². The number of rotatable bonds is 6. The second-order valence-electron chi connectivity index (χ2n) is 6.59. The molecule has 0 radical (unpaired) electrons. The van der Waals surface area contributed by atoms with Crippen molar-refractivity contribution < 1.29 is 4.74 Å². The number of piperazine rings is 1. The number of hydrogen-bond donors (Lipinski definition) is 0. The van der Waals surface area contributed by atoms with Crippen LogP contribution < -0.4 is 4.74 Å². The summed E-state index contributed by atoms with van der Waals surface area (Å²) in [6.45, 7) is 7.34. The summed E-state index contributed by atoms with van der Waals surface area (Å²) in [5, 5.41) is 0. The quantitative estimate of drug-likeness (QED) is 0.815. The first-order chi connectivity index (χ1) is 11.7. The molecule has 1 aliphatic rings. The summed E-state index contributed by atoms with van der Waals surface area (Å²) in [5.74, 6) is 0.910. The molecule has 0 unspecified atom stereocenters. The van der Waals surface area contributed by atoms with Gasteiger partial charge in [0.05, 0.1) is 0 Å². The molecule has 1 aromatic heterocycles. The number of likely N-dealkylation sites (N-methyl/N-ethyl adjacent to an activating group) is 1. The third-order valence-electron chi connectivity index (χ3n) is 4.72. The van der Waals surface area contributed by atoms with Crippen LogP contribution in [0.1, 0.15) is 24.5 Å². The van der Waals surface area contributed by atoms with E-state index in [0.717, 1.165) is 30.9 Å². The lowest BCUT2D eigenvalue weighted by Gasteiger charge is -2.39. The molecule has 0 saturated carbocycles. The van der Waals surface area contributed by atoms with Gasteiger partial charge in [-0.15, -0.1) is 0 Å². The summed E-state index contributed by atoms with van der Waals surface area (Å²) in [5.41, 5.74) is 2.44. The van der Waals surface area contributed by atoms with E-state index < -0.39 is 0 Å². The Labute approximate surface area is 145 Å². The first-order valence-corrected chi connectivity index (χ1v) is 8.78. The van der Waals surface area contributed by atoms with Gasteiger partial charge in [-0.05, 0) is 37.2 Å². The van der Waals surface area contributed by atoms with E-state index in [1.54, 1.807) is 6.20 Å². The van der Waals surface area contributed by atoms with Gasteiger partial charge in [0.2, 0.25) is 0 Å². The SMILES string of the molecule is CC[C@@H]1CN(C)CCN1Cc1ccc(OCc2cccnc2)cc1.